The van der Waals surface area contributed by atoms with Gasteiger partial charge in [0.25, 0.3) is 0 Å². The lowest BCUT2D eigenvalue weighted by Gasteiger charge is -2.08. The summed E-state index contributed by atoms with van der Waals surface area (Å²) < 4.78 is 1.89. The highest BCUT2D eigenvalue weighted by molar-refractivity contribution is 5.93. The van der Waals surface area contributed by atoms with Crippen molar-refractivity contribution in [3.8, 4) is 5.82 Å². The van der Waals surface area contributed by atoms with Gasteiger partial charge in [-0.1, -0.05) is 18.2 Å². The van der Waals surface area contributed by atoms with Crippen LogP contribution in [0.1, 0.15) is 10.4 Å². The van der Waals surface area contributed by atoms with Gasteiger partial charge in [-0.05, 0) is 36.4 Å². The van der Waals surface area contributed by atoms with Gasteiger partial charge in [0.2, 0.25) is 11.9 Å². The molecule has 0 radical (unpaired) electrons. The summed E-state index contributed by atoms with van der Waals surface area (Å²) in [6.45, 7) is 0. The highest BCUT2D eigenvalue weighted by Crippen LogP contribution is 2.19. The van der Waals surface area contributed by atoms with Gasteiger partial charge in [0.1, 0.15) is 12.1 Å². The fraction of sp³-hybridized carbons (Fsp3) is 0. The summed E-state index contributed by atoms with van der Waals surface area (Å²) in [6.07, 6.45) is 3.39. The number of rotatable bonds is 4. The summed E-state index contributed by atoms with van der Waals surface area (Å²) in [5, 5.41) is 3.09. The summed E-state index contributed by atoms with van der Waals surface area (Å²) in [7, 11) is 0. The fourth-order valence-electron chi connectivity index (χ4n) is 2.56. The zero-order chi connectivity index (χ0) is 17.2. The minimum absolute atomic E-state index is 0.414. The monoisotopic (exact) mass is 330 g/mol. The predicted molar refractivity (Wildman–Crippen MR) is 94.9 cm³/mol. The Labute approximate surface area is 143 Å². The first kappa shape index (κ1) is 14.8. The topological polar surface area (TPSA) is 98.7 Å². The molecule has 0 atom stereocenters. The van der Waals surface area contributed by atoms with Crippen molar-refractivity contribution in [2.45, 2.75) is 0 Å². The molecule has 25 heavy (non-hydrogen) atoms. The summed E-state index contributed by atoms with van der Waals surface area (Å²) in [5.41, 5.74) is 8.27. The molecule has 0 aliphatic carbocycles. The van der Waals surface area contributed by atoms with E-state index in [4.69, 9.17) is 5.73 Å². The molecular formula is C18H14N6O. The molecule has 0 fully saturated rings. The number of anilines is 2. The SMILES string of the molecule is NC(=O)c1cccc(Nc2nccc(-n3cnc4ccccc43)n2)c1. The molecule has 0 spiro atoms. The number of nitrogens with two attached hydrogens (primary N) is 1. The van der Waals surface area contributed by atoms with Crippen molar-refractivity contribution in [1.29, 1.82) is 0 Å². The lowest BCUT2D eigenvalue weighted by molar-refractivity contribution is 0.100. The molecule has 0 bridgehead atoms. The molecule has 122 valence electrons. The summed E-state index contributed by atoms with van der Waals surface area (Å²) in [4.78, 5) is 24.4. The van der Waals surface area contributed by atoms with Crippen molar-refractivity contribution in [3.63, 3.8) is 0 Å². The number of benzene rings is 2. The molecular weight excluding hydrogens is 316 g/mol. The third kappa shape index (κ3) is 2.90. The van der Waals surface area contributed by atoms with E-state index in [2.05, 4.69) is 20.3 Å². The second-order valence-corrected chi connectivity index (χ2v) is 5.41. The minimum atomic E-state index is -0.483. The second-order valence-electron chi connectivity index (χ2n) is 5.41. The lowest BCUT2D eigenvalue weighted by Crippen LogP contribution is -2.11. The van der Waals surface area contributed by atoms with Crippen LogP contribution >= 0.6 is 0 Å². The Bertz CT molecular complexity index is 1070. The standard InChI is InChI=1S/C18H14N6O/c19-17(25)12-4-3-5-13(10-12)22-18-20-9-8-16(23-18)24-11-21-14-6-1-2-7-15(14)24/h1-11H,(H2,19,25)(H,20,22,23). The first-order valence-electron chi connectivity index (χ1n) is 7.63. The Morgan fingerprint density at radius 2 is 1.92 bits per heavy atom. The van der Waals surface area contributed by atoms with Crippen LogP contribution < -0.4 is 11.1 Å². The Kier molecular flexibility index (Phi) is 3.59. The highest BCUT2D eigenvalue weighted by Gasteiger charge is 2.07. The number of hydrogen-bond donors (Lipinski definition) is 2. The number of amides is 1. The van der Waals surface area contributed by atoms with E-state index in [0.29, 0.717) is 23.0 Å². The van der Waals surface area contributed by atoms with Crippen molar-refractivity contribution in [2.24, 2.45) is 5.73 Å². The number of fused-ring (bicyclic) bond motifs is 1. The zero-order valence-corrected chi connectivity index (χ0v) is 13.1. The van der Waals surface area contributed by atoms with Gasteiger partial charge in [0.15, 0.2) is 0 Å². The lowest BCUT2D eigenvalue weighted by atomic mass is 10.2. The summed E-state index contributed by atoms with van der Waals surface area (Å²) >= 11 is 0. The van der Waals surface area contributed by atoms with Crippen molar-refractivity contribution in [1.82, 2.24) is 19.5 Å². The van der Waals surface area contributed by atoms with E-state index in [0.717, 1.165) is 11.0 Å². The maximum Gasteiger partial charge on any atom is 0.248 e. The van der Waals surface area contributed by atoms with Gasteiger partial charge in [0.05, 0.1) is 11.0 Å². The maximum absolute atomic E-state index is 11.3. The zero-order valence-electron chi connectivity index (χ0n) is 13.1. The van der Waals surface area contributed by atoms with Gasteiger partial charge in [-0.25, -0.2) is 9.97 Å². The molecule has 0 aliphatic heterocycles. The first-order chi connectivity index (χ1) is 12.2. The van der Waals surface area contributed by atoms with Crippen molar-refractivity contribution >= 4 is 28.6 Å². The molecule has 0 aliphatic rings. The number of primary amides is 1. The number of imidazole rings is 1. The van der Waals surface area contributed by atoms with E-state index in [1.165, 1.54) is 0 Å². The van der Waals surface area contributed by atoms with Crippen LogP contribution in [0.15, 0.2) is 67.1 Å². The Morgan fingerprint density at radius 3 is 2.80 bits per heavy atom. The summed E-state index contributed by atoms with van der Waals surface area (Å²) in [5.74, 6) is 0.623. The van der Waals surface area contributed by atoms with Gasteiger partial charge in [-0.3, -0.25) is 9.36 Å². The van der Waals surface area contributed by atoms with Crippen molar-refractivity contribution < 1.29 is 4.79 Å². The number of carbonyl (C=O) groups excluding carboxylic acids is 1. The van der Waals surface area contributed by atoms with Crippen LogP contribution in [0.25, 0.3) is 16.9 Å². The Hall–Kier alpha value is -3.74. The molecule has 7 heteroatoms. The fourth-order valence-corrected chi connectivity index (χ4v) is 2.56. The highest BCUT2D eigenvalue weighted by atomic mass is 16.1. The van der Waals surface area contributed by atoms with E-state index in [-0.39, 0.29) is 0 Å². The molecule has 4 rings (SSSR count). The number of para-hydroxylation sites is 2. The third-order valence-electron chi connectivity index (χ3n) is 3.74. The molecule has 2 aromatic heterocycles. The van der Waals surface area contributed by atoms with Crippen LogP contribution in [0.4, 0.5) is 11.6 Å². The van der Waals surface area contributed by atoms with Crippen LogP contribution in [0.3, 0.4) is 0 Å². The smallest absolute Gasteiger partial charge is 0.248 e. The Balaban J connectivity index is 1.68. The maximum atomic E-state index is 11.3. The molecule has 7 nitrogen and oxygen atoms in total. The van der Waals surface area contributed by atoms with Gasteiger partial charge >= 0.3 is 0 Å². The summed E-state index contributed by atoms with van der Waals surface area (Å²) in [6, 6.07) is 16.5. The van der Waals surface area contributed by atoms with E-state index in [9.17, 15) is 4.79 Å². The molecule has 0 saturated carbocycles. The predicted octanol–water partition coefficient (Wildman–Crippen LogP) is 2.66. The van der Waals surface area contributed by atoms with Crippen LogP contribution in [-0.2, 0) is 0 Å². The number of nitrogens with one attached hydrogen (secondary N) is 1. The van der Waals surface area contributed by atoms with E-state index >= 15 is 0 Å². The van der Waals surface area contributed by atoms with E-state index in [1.807, 2.05) is 34.9 Å². The molecule has 2 heterocycles. The average Bonchev–Trinajstić information content (AvgIpc) is 3.06. The van der Waals surface area contributed by atoms with Crippen LogP contribution in [0.2, 0.25) is 0 Å². The largest absolute Gasteiger partial charge is 0.366 e. The first-order valence-corrected chi connectivity index (χ1v) is 7.63. The molecule has 4 aromatic rings. The molecule has 2 aromatic carbocycles. The van der Waals surface area contributed by atoms with Crippen molar-refractivity contribution in [3.05, 3.63) is 72.7 Å². The molecule has 1 amide bonds. The third-order valence-corrected chi connectivity index (χ3v) is 3.74. The van der Waals surface area contributed by atoms with Crippen molar-refractivity contribution in [2.75, 3.05) is 5.32 Å². The van der Waals surface area contributed by atoms with Gasteiger partial charge in [-0.15, -0.1) is 0 Å². The number of carbonyl (C=O) groups is 1. The van der Waals surface area contributed by atoms with Crippen LogP contribution in [0, 0.1) is 0 Å². The quantitative estimate of drug-likeness (QED) is 0.599. The molecule has 0 unspecified atom stereocenters. The van der Waals surface area contributed by atoms with Crippen LogP contribution in [0.5, 0.6) is 0 Å². The van der Waals surface area contributed by atoms with Crippen LogP contribution in [-0.4, -0.2) is 25.4 Å². The molecule has 3 N–H and O–H groups in total. The number of nitrogens with zero attached hydrogens (tertiary/aromatic N) is 4. The van der Waals surface area contributed by atoms with Gasteiger partial charge in [0, 0.05) is 17.4 Å². The van der Waals surface area contributed by atoms with Gasteiger partial charge < -0.3 is 11.1 Å². The number of aromatic nitrogens is 4. The normalized spacial score (nSPS) is 10.7. The number of hydrogen-bond acceptors (Lipinski definition) is 5. The minimum Gasteiger partial charge on any atom is -0.366 e. The van der Waals surface area contributed by atoms with E-state index < -0.39 is 5.91 Å². The second kappa shape index (κ2) is 6.04. The molecule has 0 saturated heterocycles. The van der Waals surface area contributed by atoms with E-state index in [1.54, 1.807) is 36.8 Å². The average molecular weight is 330 g/mol. The van der Waals surface area contributed by atoms with Gasteiger partial charge in [-0.2, -0.15) is 4.98 Å². The Morgan fingerprint density at radius 1 is 1.04 bits per heavy atom.